The Labute approximate surface area is 167 Å². The first kappa shape index (κ1) is 24.6. The predicted octanol–water partition coefficient (Wildman–Crippen LogP) is 2.26. The van der Waals surface area contributed by atoms with Gasteiger partial charge in [0.05, 0.1) is 30.7 Å². The zero-order chi connectivity index (χ0) is 21.1. The lowest BCUT2D eigenvalue weighted by Gasteiger charge is -2.26. The fourth-order valence-electron chi connectivity index (χ4n) is 2.98. The van der Waals surface area contributed by atoms with Crippen LogP contribution < -0.4 is 0 Å². The molecule has 1 aliphatic heterocycles. The molecule has 0 saturated carbocycles. The molecule has 3 N–H and O–H groups in total. The summed E-state index contributed by atoms with van der Waals surface area (Å²) in [5, 5.41) is 29.8. The average molecular weight is 401 g/mol. The number of hydrogen-bond acceptors (Lipinski definition) is 7. The maximum atomic E-state index is 12.3. The highest BCUT2D eigenvalue weighted by Crippen LogP contribution is 2.19. The predicted molar refractivity (Wildman–Crippen MR) is 104 cm³/mol. The zero-order valence-electron chi connectivity index (χ0n) is 17.3. The van der Waals surface area contributed by atoms with Crippen LogP contribution in [0.25, 0.3) is 0 Å². The van der Waals surface area contributed by atoms with E-state index in [0.29, 0.717) is 6.42 Å². The molecule has 0 amide bonds. The van der Waals surface area contributed by atoms with E-state index in [1.807, 2.05) is 0 Å². The third-order valence-electron chi connectivity index (χ3n) is 5.08. The van der Waals surface area contributed by atoms with Crippen molar-refractivity contribution in [2.75, 3.05) is 0 Å². The molecule has 1 aliphatic rings. The molecule has 6 atom stereocenters. The third-order valence-corrected chi connectivity index (χ3v) is 5.08. The Morgan fingerprint density at radius 1 is 1.21 bits per heavy atom. The summed E-state index contributed by atoms with van der Waals surface area (Å²) in [6.07, 6.45) is 4.13. The normalized spacial score (nSPS) is 28.3. The summed E-state index contributed by atoms with van der Waals surface area (Å²) in [5.74, 6) is -1.91. The van der Waals surface area contributed by atoms with Crippen LogP contribution in [-0.4, -0.2) is 57.8 Å². The first-order chi connectivity index (χ1) is 13.2. The van der Waals surface area contributed by atoms with Crippen molar-refractivity contribution in [2.24, 2.45) is 5.92 Å². The molecule has 1 rings (SSSR count). The van der Waals surface area contributed by atoms with Gasteiger partial charge in [-0.15, -0.1) is 0 Å². The minimum Gasteiger partial charge on any atom is -0.462 e. The largest absolute Gasteiger partial charge is 0.462 e. The molecule has 0 aromatic rings. The van der Waals surface area contributed by atoms with Gasteiger partial charge in [0.25, 0.3) is 0 Å². The summed E-state index contributed by atoms with van der Waals surface area (Å²) in [6.45, 7) is 5.15. The van der Waals surface area contributed by atoms with Crippen LogP contribution in [0.15, 0.2) is 12.2 Å². The standard InChI is InChI=1S/C21H36O7/c1-4-5-6-7-8-9-16-12-19(24)18(23)11-10-17(13-20(25)27-16)28-21(26)14(2)15(3)22/h10-11,14-19,22-24H,4-9,12-13H2,1-3H3/t14-,15-,16+,17+,18+,19-/m0/s1. The molecule has 162 valence electrons. The highest BCUT2D eigenvalue weighted by molar-refractivity contribution is 5.75. The summed E-state index contributed by atoms with van der Waals surface area (Å²) < 4.78 is 10.8. The monoisotopic (exact) mass is 400 g/mol. The van der Waals surface area contributed by atoms with Gasteiger partial charge in [-0.2, -0.15) is 0 Å². The molecule has 0 unspecified atom stereocenters. The lowest BCUT2D eigenvalue weighted by Crippen LogP contribution is -2.35. The van der Waals surface area contributed by atoms with E-state index in [1.165, 1.54) is 26.0 Å². The van der Waals surface area contributed by atoms with Crippen LogP contribution in [-0.2, 0) is 19.1 Å². The molecule has 0 fully saturated rings. The molecule has 0 radical (unpaired) electrons. The molecule has 1 heterocycles. The van der Waals surface area contributed by atoms with E-state index in [0.717, 1.165) is 32.1 Å². The van der Waals surface area contributed by atoms with E-state index >= 15 is 0 Å². The van der Waals surface area contributed by atoms with Crippen LogP contribution in [0.5, 0.6) is 0 Å². The van der Waals surface area contributed by atoms with Crippen molar-refractivity contribution < 1.29 is 34.4 Å². The second kappa shape index (κ2) is 12.9. The lowest BCUT2D eigenvalue weighted by atomic mass is 9.99. The van der Waals surface area contributed by atoms with E-state index in [4.69, 9.17) is 9.47 Å². The Hall–Kier alpha value is -1.44. The Kier molecular flexibility index (Phi) is 11.3. The molecular formula is C21H36O7. The van der Waals surface area contributed by atoms with Crippen molar-refractivity contribution in [3.05, 3.63) is 12.2 Å². The highest BCUT2D eigenvalue weighted by atomic mass is 16.6. The molecule has 7 heteroatoms. The smallest absolute Gasteiger partial charge is 0.311 e. The number of carbonyl (C=O) groups excluding carboxylic acids is 2. The van der Waals surface area contributed by atoms with Gasteiger partial charge in [-0.1, -0.05) is 38.7 Å². The van der Waals surface area contributed by atoms with Crippen LogP contribution in [0.4, 0.5) is 0 Å². The number of hydrogen-bond donors (Lipinski definition) is 3. The van der Waals surface area contributed by atoms with Crippen LogP contribution in [0.1, 0.15) is 72.1 Å². The molecule has 0 bridgehead atoms. The fraction of sp³-hybridized carbons (Fsp3) is 0.810. The molecule has 0 aromatic heterocycles. The minimum absolute atomic E-state index is 0.161. The van der Waals surface area contributed by atoms with Gasteiger partial charge in [0, 0.05) is 6.42 Å². The van der Waals surface area contributed by atoms with Gasteiger partial charge in [0.1, 0.15) is 12.2 Å². The van der Waals surface area contributed by atoms with Crippen LogP contribution in [0, 0.1) is 5.92 Å². The van der Waals surface area contributed by atoms with Gasteiger partial charge in [0.15, 0.2) is 0 Å². The second-order valence-electron chi connectivity index (χ2n) is 7.70. The summed E-state index contributed by atoms with van der Waals surface area (Å²) in [5.41, 5.74) is 0. The number of cyclic esters (lactones) is 1. The minimum atomic E-state index is -1.14. The van der Waals surface area contributed by atoms with Crippen molar-refractivity contribution in [2.45, 2.75) is 103 Å². The number of ether oxygens (including phenoxy) is 2. The first-order valence-electron chi connectivity index (χ1n) is 10.4. The van der Waals surface area contributed by atoms with Gasteiger partial charge >= 0.3 is 11.9 Å². The lowest BCUT2D eigenvalue weighted by molar-refractivity contribution is -0.161. The maximum absolute atomic E-state index is 12.3. The van der Waals surface area contributed by atoms with Crippen molar-refractivity contribution >= 4 is 11.9 Å². The number of carbonyl (C=O) groups is 2. The maximum Gasteiger partial charge on any atom is 0.311 e. The molecule has 0 saturated heterocycles. The molecule has 28 heavy (non-hydrogen) atoms. The SMILES string of the molecule is CCCCCCC[C@@H]1C[C@H](O)[C@H](O)C=C[C@@H](OC(=O)[C@@H](C)[C@H](C)O)CC(=O)O1. The van der Waals surface area contributed by atoms with Crippen molar-refractivity contribution in [3.63, 3.8) is 0 Å². The Bertz CT molecular complexity index is 503. The average Bonchev–Trinajstić information content (AvgIpc) is 2.63. The number of unbranched alkanes of at least 4 members (excludes halogenated alkanes) is 4. The van der Waals surface area contributed by atoms with Gasteiger partial charge < -0.3 is 24.8 Å². The Morgan fingerprint density at radius 2 is 1.89 bits per heavy atom. The number of aliphatic hydroxyl groups excluding tert-OH is 3. The fourth-order valence-corrected chi connectivity index (χ4v) is 2.98. The quantitative estimate of drug-likeness (QED) is 0.309. The summed E-state index contributed by atoms with van der Waals surface area (Å²) in [7, 11) is 0. The summed E-state index contributed by atoms with van der Waals surface area (Å²) in [4.78, 5) is 24.4. The molecule has 0 aliphatic carbocycles. The van der Waals surface area contributed by atoms with Gasteiger partial charge in [-0.05, 0) is 32.8 Å². The van der Waals surface area contributed by atoms with E-state index in [-0.39, 0.29) is 12.8 Å². The summed E-state index contributed by atoms with van der Waals surface area (Å²) in [6, 6.07) is 0. The topological polar surface area (TPSA) is 113 Å². The third kappa shape index (κ3) is 9.17. The van der Waals surface area contributed by atoms with E-state index in [1.54, 1.807) is 0 Å². The number of esters is 2. The van der Waals surface area contributed by atoms with E-state index < -0.39 is 48.4 Å². The van der Waals surface area contributed by atoms with Crippen molar-refractivity contribution in [3.8, 4) is 0 Å². The Morgan fingerprint density at radius 3 is 2.54 bits per heavy atom. The number of rotatable bonds is 9. The molecule has 0 aromatic carbocycles. The molecule has 7 nitrogen and oxygen atoms in total. The number of aliphatic hydroxyl groups is 3. The molecule has 0 spiro atoms. The van der Waals surface area contributed by atoms with Crippen LogP contribution in [0.3, 0.4) is 0 Å². The van der Waals surface area contributed by atoms with Gasteiger partial charge in [-0.3, -0.25) is 9.59 Å². The van der Waals surface area contributed by atoms with Crippen molar-refractivity contribution in [1.29, 1.82) is 0 Å². The first-order valence-corrected chi connectivity index (χ1v) is 10.4. The summed E-state index contributed by atoms with van der Waals surface area (Å²) >= 11 is 0. The highest BCUT2D eigenvalue weighted by Gasteiger charge is 2.28. The van der Waals surface area contributed by atoms with Gasteiger partial charge in [-0.25, -0.2) is 0 Å². The Balaban J connectivity index is 2.73. The van der Waals surface area contributed by atoms with Crippen molar-refractivity contribution in [1.82, 2.24) is 0 Å². The van der Waals surface area contributed by atoms with Gasteiger partial charge in [0.2, 0.25) is 0 Å². The molecular weight excluding hydrogens is 364 g/mol. The van der Waals surface area contributed by atoms with Crippen LogP contribution in [0.2, 0.25) is 0 Å². The van der Waals surface area contributed by atoms with E-state index in [2.05, 4.69) is 6.92 Å². The second-order valence-corrected chi connectivity index (χ2v) is 7.70. The zero-order valence-corrected chi connectivity index (χ0v) is 17.3. The van der Waals surface area contributed by atoms with E-state index in [9.17, 15) is 24.9 Å². The van der Waals surface area contributed by atoms with Crippen LogP contribution >= 0.6 is 0 Å².